The van der Waals surface area contributed by atoms with Crippen molar-refractivity contribution in [1.82, 2.24) is 10.2 Å². The Kier molecular flexibility index (Phi) is 5.29. The van der Waals surface area contributed by atoms with Gasteiger partial charge in [-0.1, -0.05) is 26.0 Å². The molecule has 2 rings (SSSR count). The molecule has 1 amide bonds. The molecule has 8 heteroatoms. The van der Waals surface area contributed by atoms with Gasteiger partial charge < -0.3 is 16.0 Å². The molecule has 0 saturated carbocycles. The number of amidine groups is 1. The molecule has 1 aliphatic heterocycles. The van der Waals surface area contributed by atoms with Gasteiger partial charge in [0, 0.05) is 24.7 Å². The topological polar surface area (TPSA) is 105 Å². The van der Waals surface area contributed by atoms with Crippen molar-refractivity contribution >= 4 is 21.8 Å². The second-order valence-electron chi connectivity index (χ2n) is 6.09. The quantitative estimate of drug-likeness (QED) is 0.784. The van der Waals surface area contributed by atoms with Crippen LogP contribution in [0.15, 0.2) is 33.6 Å². The monoisotopic (exact) mass is 352 g/mol. The first-order chi connectivity index (χ1) is 11.2. The van der Waals surface area contributed by atoms with E-state index in [9.17, 15) is 13.2 Å². The standard InChI is InChI=1S/C16H24N4O3S/c1-4-16(17,5-2)11-18-14(21)10-20(3)15-12-8-6-7-9-13(12)24(22,23)19-15/h6-9H,4-5,10-11,17H2,1-3H3,(H,18,21). The van der Waals surface area contributed by atoms with Gasteiger partial charge >= 0.3 is 0 Å². The van der Waals surface area contributed by atoms with Gasteiger partial charge in [-0.2, -0.15) is 8.42 Å². The minimum Gasteiger partial charge on any atom is -0.353 e. The van der Waals surface area contributed by atoms with Crippen LogP contribution < -0.4 is 11.1 Å². The van der Waals surface area contributed by atoms with E-state index in [2.05, 4.69) is 9.71 Å². The maximum absolute atomic E-state index is 12.1. The summed E-state index contributed by atoms with van der Waals surface area (Å²) >= 11 is 0. The van der Waals surface area contributed by atoms with Gasteiger partial charge in [-0.15, -0.1) is 4.40 Å². The minimum atomic E-state index is -3.68. The van der Waals surface area contributed by atoms with Crippen LogP contribution in [0.3, 0.4) is 0 Å². The number of hydrogen-bond donors (Lipinski definition) is 2. The fourth-order valence-corrected chi connectivity index (χ4v) is 3.74. The van der Waals surface area contributed by atoms with Crippen LogP contribution in [0, 0.1) is 0 Å². The minimum absolute atomic E-state index is 0.00615. The molecule has 0 radical (unpaired) electrons. The first kappa shape index (κ1) is 18.4. The van der Waals surface area contributed by atoms with Crippen LogP contribution in [0.1, 0.15) is 32.3 Å². The van der Waals surface area contributed by atoms with Crippen molar-refractivity contribution < 1.29 is 13.2 Å². The van der Waals surface area contributed by atoms with Crippen LogP contribution in [0.25, 0.3) is 0 Å². The van der Waals surface area contributed by atoms with Crippen LogP contribution in [0.4, 0.5) is 0 Å². The SMILES string of the molecule is CCC(N)(CC)CNC(=O)CN(C)C1=NS(=O)(=O)c2ccccc21. The summed E-state index contributed by atoms with van der Waals surface area (Å²) in [7, 11) is -2.04. The maximum atomic E-state index is 12.1. The molecule has 0 atom stereocenters. The number of carbonyl (C=O) groups excluding carboxylic acids is 1. The number of benzene rings is 1. The first-order valence-corrected chi connectivity index (χ1v) is 9.37. The third kappa shape index (κ3) is 3.76. The number of rotatable bonds is 6. The maximum Gasteiger partial charge on any atom is 0.285 e. The lowest BCUT2D eigenvalue weighted by Crippen LogP contribution is -2.51. The van der Waals surface area contributed by atoms with Crippen molar-refractivity contribution in [2.75, 3.05) is 20.1 Å². The highest BCUT2D eigenvalue weighted by Crippen LogP contribution is 2.26. The zero-order valence-electron chi connectivity index (χ0n) is 14.2. The molecular weight excluding hydrogens is 328 g/mol. The highest BCUT2D eigenvalue weighted by atomic mass is 32.2. The average Bonchev–Trinajstić information content (AvgIpc) is 2.85. The normalized spacial score (nSPS) is 15.6. The molecule has 0 unspecified atom stereocenters. The predicted molar refractivity (Wildman–Crippen MR) is 93.3 cm³/mol. The lowest BCUT2D eigenvalue weighted by atomic mass is 9.94. The van der Waals surface area contributed by atoms with Crippen LogP contribution in [-0.2, 0) is 14.8 Å². The summed E-state index contributed by atoms with van der Waals surface area (Å²) in [5.41, 5.74) is 6.26. The van der Waals surface area contributed by atoms with Crippen molar-refractivity contribution in [3.8, 4) is 0 Å². The number of amides is 1. The Bertz CT molecular complexity index is 754. The molecule has 132 valence electrons. The van der Waals surface area contributed by atoms with Gasteiger partial charge in [0.05, 0.1) is 6.54 Å². The smallest absolute Gasteiger partial charge is 0.285 e. The molecule has 0 saturated heterocycles. The molecule has 1 heterocycles. The number of nitrogens with two attached hydrogens (primary N) is 1. The van der Waals surface area contributed by atoms with E-state index in [1.807, 2.05) is 13.8 Å². The molecular formula is C16H24N4O3S. The summed E-state index contributed by atoms with van der Waals surface area (Å²) in [5.74, 6) is 0.0597. The van der Waals surface area contributed by atoms with Gasteiger partial charge in [-0.05, 0) is 25.0 Å². The van der Waals surface area contributed by atoms with E-state index < -0.39 is 15.6 Å². The summed E-state index contributed by atoms with van der Waals surface area (Å²) in [5, 5.41) is 2.81. The summed E-state index contributed by atoms with van der Waals surface area (Å²) < 4.78 is 27.9. The van der Waals surface area contributed by atoms with Crippen LogP contribution in [-0.4, -0.2) is 50.7 Å². The van der Waals surface area contributed by atoms with Gasteiger partial charge in [-0.25, -0.2) is 0 Å². The Morgan fingerprint density at radius 1 is 1.29 bits per heavy atom. The lowest BCUT2D eigenvalue weighted by molar-refractivity contribution is -0.121. The van der Waals surface area contributed by atoms with Crippen molar-refractivity contribution in [2.45, 2.75) is 37.1 Å². The zero-order valence-corrected chi connectivity index (χ0v) is 15.1. The molecule has 1 aliphatic rings. The molecule has 0 bridgehead atoms. The summed E-state index contributed by atoms with van der Waals surface area (Å²) in [6, 6.07) is 6.60. The molecule has 0 aliphatic carbocycles. The number of likely N-dealkylation sites (N-methyl/N-ethyl adjacent to an activating group) is 1. The molecule has 1 aromatic carbocycles. The number of sulfonamides is 1. The number of nitrogens with zero attached hydrogens (tertiary/aromatic N) is 2. The highest BCUT2D eigenvalue weighted by Gasteiger charge is 2.31. The fraction of sp³-hybridized carbons (Fsp3) is 0.500. The average molecular weight is 352 g/mol. The predicted octanol–water partition coefficient (Wildman–Crippen LogP) is 0.701. The van der Waals surface area contributed by atoms with Crippen LogP contribution in [0.2, 0.25) is 0 Å². The first-order valence-electron chi connectivity index (χ1n) is 7.93. The Hall–Kier alpha value is -1.93. The van der Waals surface area contributed by atoms with Crippen LogP contribution in [0.5, 0.6) is 0 Å². The zero-order chi connectivity index (χ0) is 18.0. The fourth-order valence-electron chi connectivity index (χ4n) is 2.48. The van der Waals surface area contributed by atoms with Crippen molar-refractivity contribution in [3.05, 3.63) is 29.8 Å². The van der Waals surface area contributed by atoms with E-state index in [0.29, 0.717) is 12.1 Å². The number of hydrogen-bond acceptors (Lipinski definition) is 5. The van der Waals surface area contributed by atoms with Gasteiger partial charge in [0.1, 0.15) is 4.90 Å². The van der Waals surface area contributed by atoms with E-state index in [4.69, 9.17) is 5.73 Å². The second kappa shape index (κ2) is 6.90. The number of carbonyl (C=O) groups is 1. The molecule has 7 nitrogen and oxygen atoms in total. The number of nitrogens with one attached hydrogen (secondary N) is 1. The molecule has 3 N–H and O–H groups in total. The summed E-state index contributed by atoms with van der Waals surface area (Å²) in [4.78, 5) is 13.9. The second-order valence-corrected chi connectivity index (χ2v) is 7.66. The molecule has 0 aromatic heterocycles. The van der Waals surface area contributed by atoms with Crippen molar-refractivity contribution in [3.63, 3.8) is 0 Å². The number of fused-ring (bicyclic) bond motifs is 1. The van der Waals surface area contributed by atoms with E-state index in [1.165, 1.54) is 11.0 Å². The third-order valence-corrected chi connectivity index (χ3v) is 5.73. The van der Waals surface area contributed by atoms with Gasteiger partial charge in [-0.3, -0.25) is 4.79 Å². The molecule has 24 heavy (non-hydrogen) atoms. The van der Waals surface area contributed by atoms with Crippen molar-refractivity contribution in [2.24, 2.45) is 10.1 Å². The van der Waals surface area contributed by atoms with E-state index in [-0.39, 0.29) is 23.2 Å². The van der Waals surface area contributed by atoms with E-state index in [1.54, 1.807) is 25.2 Å². The Morgan fingerprint density at radius 2 is 1.92 bits per heavy atom. The molecule has 0 fully saturated rings. The van der Waals surface area contributed by atoms with Gasteiger partial charge in [0.2, 0.25) is 5.91 Å². The lowest BCUT2D eigenvalue weighted by Gasteiger charge is -2.27. The van der Waals surface area contributed by atoms with E-state index in [0.717, 1.165) is 12.8 Å². The third-order valence-electron chi connectivity index (χ3n) is 4.40. The molecule has 0 spiro atoms. The van der Waals surface area contributed by atoms with E-state index >= 15 is 0 Å². The Balaban J connectivity index is 2.06. The van der Waals surface area contributed by atoms with Crippen molar-refractivity contribution in [1.29, 1.82) is 0 Å². The summed E-state index contributed by atoms with van der Waals surface area (Å²) in [6.07, 6.45) is 1.52. The van der Waals surface area contributed by atoms with Gasteiger partial charge in [0.25, 0.3) is 10.0 Å². The van der Waals surface area contributed by atoms with Crippen LogP contribution >= 0.6 is 0 Å². The Labute approximate surface area is 143 Å². The van der Waals surface area contributed by atoms with Gasteiger partial charge in [0.15, 0.2) is 5.84 Å². The highest BCUT2D eigenvalue weighted by molar-refractivity contribution is 7.90. The largest absolute Gasteiger partial charge is 0.353 e. The molecule has 1 aromatic rings. The Morgan fingerprint density at radius 3 is 2.54 bits per heavy atom. The summed E-state index contributed by atoms with van der Waals surface area (Å²) in [6.45, 7) is 4.36.